The zero-order chi connectivity index (χ0) is 18.7. The van der Waals surface area contributed by atoms with Crippen molar-refractivity contribution in [2.45, 2.75) is 50.8 Å². The predicted octanol–water partition coefficient (Wildman–Crippen LogP) is 4.00. The lowest BCUT2D eigenvalue weighted by Gasteiger charge is -2.28. The molecule has 0 aromatic heterocycles. The first-order chi connectivity index (χ1) is 13.2. The molecule has 4 rings (SSSR count). The monoisotopic (exact) mass is 364 g/mol. The molecule has 2 unspecified atom stereocenters. The molecule has 1 fully saturated rings. The Hall–Kier alpha value is -2.17. The van der Waals surface area contributed by atoms with Crippen molar-refractivity contribution in [1.82, 2.24) is 5.32 Å². The number of carbonyl (C=O) groups excluding carboxylic acids is 1. The standard InChI is InChI=1S/C23H28N2O2/c1-23(27-16-14-19-11-7-8-15-24-19)20-12-5-6-13-21(20)25(22(23)26)17-18-9-3-2-4-10-18/h2-6,9-10,12-13,19,24H,7-8,11,14-17H2,1H3. The van der Waals surface area contributed by atoms with Crippen LogP contribution in [0.4, 0.5) is 5.69 Å². The molecule has 4 nitrogen and oxygen atoms in total. The van der Waals surface area contributed by atoms with Gasteiger partial charge in [-0.15, -0.1) is 0 Å². The van der Waals surface area contributed by atoms with Gasteiger partial charge in [0, 0.05) is 18.2 Å². The van der Waals surface area contributed by atoms with Crippen LogP contribution in [-0.4, -0.2) is 25.1 Å². The molecule has 2 aromatic carbocycles. The molecule has 0 saturated carbocycles. The van der Waals surface area contributed by atoms with E-state index >= 15 is 0 Å². The molecule has 0 aliphatic carbocycles. The molecule has 2 atom stereocenters. The van der Waals surface area contributed by atoms with Crippen molar-refractivity contribution in [1.29, 1.82) is 0 Å². The molecule has 2 heterocycles. The van der Waals surface area contributed by atoms with E-state index in [0.29, 0.717) is 19.2 Å². The fourth-order valence-corrected chi connectivity index (χ4v) is 4.23. The molecule has 2 aliphatic rings. The van der Waals surface area contributed by atoms with Crippen molar-refractivity contribution in [2.24, 2.45) is 0 Å². The fraction of sp³-hybridized carbons (Fsp3) is 0.435. The summed E-state index contributed by atoms with van der Waals surface area (Å²) < 4.78 is 6.27. The van der Waals surface area contributed by atoms with Crippen molar-refractivity contribution in [2.75, 3.05) is 18.1 Å². The Kier molecular flexibility index (Phi) is 5.28. The minimum absolute atomic E-state index is 0.0316. The third-order valence-corrected chi connectivity index (χ3v) is 5.82. The number of anilines is 1. The second kappa shape index (κ2) is 7.83. The molecule has 2 aromatic rings. The van der Waals surface area contributed by atoms with Crippen molar-refractivity contribution in [3.05, 3.63) is 65.7 Å². The van der Waals surface area contributed by atoms with Crippen LogP contribution in [0, 0.1) is 0 Å². The van der Waals surface area contributed by atoms with Crippen LogP contribution in [0.5, 0.6) is 0 Å². The number of nitrogens with zero attached hydrogens (tertiary/aromatic N) is 1. The lowest BCUT2D eigenvalue weighted by atomic mass is 9.97. The number of hydrogen-bond acceptors (Lipinski definition) is 3. The summed E-state index contributed by atoms with van der Waals surface area (Å²) in [5.74, 6) is 0.0316. The number of piperidine rings is 1. The van der Waals surface area contributed by atoms with E-state index in [1.54, 1.807) is 0 Å². The molecule has 142 valence electrons. The number of hydrogen-bond donors (Lipinski definition) is 1. The first-order valence-corrected chi connectivity index (χ1v) is 10.0. The highest BCUT2D eigenvalue weighted by Crippen LogP contribution is 2.43. The van der Waals surface area contributed by atoms with Gasteiger partial charge in [0.25, 0.3) is 5.91 Å². The van der Waals surface area contributed by atoms with E-state index in [2.05, 4.69) is 17.4 Å². The van der Waals surface area contributed by atoms with Crippen molar-refractivity contribution in [3.63, 3.8) is 0 Å². The average molecular weight is 364 g/mol. The number of fused-ring (bicyclic) bond motifs is 1. The summed E-state index contributed by atoms with van der Waals surface area (Å²) in [5, 5.41) is 3.55. The second-order valence-corrected chi connectivity index (χ2v) is 7.71. The Morgan fingerprint density at radius 2 is 1.89 bits per heavy atom. The van der Waals surface area contributed by atoms with Crippen LogP contribution in [0.1, 0.15) is 43.7 Å². The van der Waals surface area contributed by atoms with E-state index in [1.165, 1.54) is 19.3 Å². The van der Waals surface area contributed by atoms with E-state index in [-0.39, 0.29) is 5.91 Å². The van der Waals surface area contributed by atoms with Crippen LogP contribution < -0.4 is 10.2 Å². The molecule has 0 spiro atoms. The Morgan fingerprint density at radius 3 is 2.67 bits per heavy atom. The number of para-hydroxylation sites is 1. The summed E-state index contributed by atoms with van der Waals surface area (Å²) in [7, 11) is 0. The third kappa shape index (κ3) is 3.64. The summed E-state index contributed by atoms with van der Waals surface area (Å²) in [6.07, 6.45) is 4.69. The van der Waals surface area contributed by atoms with Gasteiger partial charge in [-0.3, -0.25) is 4.79 Å². The number of nitrogens with one attached hydrogen (secondary N) is 1. The SMILES string of the molecule is CC1(OCCC2CCCCN2)C(=O)N(Cc2ccccc2)c2ccccc21. The quantitative estimate of drug-likeness (QED) is 0.842. The molecule has 0 bridgehead atoms. The molecule has 0 radical (unpaired) electrons. The van der Waals surface area contributed by atoms with Gasteiger partial charge in [-0.2, -0.15) is 0 Å². The van der Waals surface area contributed by atoms with Gasteiger partial charge < -0.3 is 15.0 Å². The molecule has 2 aliphatic heterocycles. The fourth-order valence-electron chi connectivity index (χ4n) is 4.23. The van der Waals surface area contributed by atoms with Crippen LogP contribution >= 0.6 is 0 Å². The molecule has 1 saturated heterocycles. The third-order valence-electron chi connectivity index (χ3n) is 5.82. The molecule has 1 N–H and O–H groups in total. The van der Waals surface area contributed by atoms with E-state index in [0.717, 1.165) is 29.8 Å². The van der Waals surface area contributed by atoms with E-state index in [4.69, 9.17) is 4.74 Å². The summed E-state index contributed by atoms with van der Waals surface area (Å²) in [4.78, 5) is 15.2. The highest BCUT2D eigenvalue weighted by atomic mass is 16.5. The average Bonchev–Trinajstić information content (AvgIpc) is 2.92. The summed E-state index contributed by atoms with van der Waals surface area (Å²) in [6.45, 7) is 4.18. The van der Waals surface area contributed by atoms with Crippen LogP contribution in [0.25, 0.3) is 0 Å². The lowest BCUT2D eigenvalue weighted by Crippen LogP contribution is -2.41. The van der Waals surface area contributed by atoms with Crippen LogP contribution in [-0.2, 0) is 21.7 Å². The van der Waals surface area contributed by atoms with Gasteiger partial charge in [0.2, 0.25) is 0 Å². The lowest BCUT2D eigenvalue weighted by molar-refractivity contribution is -0.142. The van der Waals surface area contributed by atoms with Gasteiger partial charge in [0.05, 0.1) is 12.2 Å². The van der Waals surface area contributed by atoms with E-state index in [9.17, 15) is 4.79 Å². The van der Waals surface area contributed by atoms with Gasteiger partial charge >= 0.3 is 0 Å². The maximum atomic E-state index is 13.4. The number of amides is 1. The summed E-state index contributed by atoms with van der Waals surface area (Å²) in [6, 6.07) is 18.7. The second-order valence-electron chi connectivity index (χ2n) is 7.71. The van der Waals surface area contributed by atoms with Gasteiger partial charge in [0.1, 0.15) is 0 Å². The highest BCUT2D eigenvalue weighted by Gasteiger charge is 2.48. The number of ether oxygens (including phenoxy) is 1. The van der Waals surface area contributed by atoms with Crippen molar-refractivity contribution < 1.29 is 9.53 Å². The first kappa shape index (κ1) is 18.2. The smallest absolute Gasteiger partial charge is 0.263 e. The van der Waals surface area contributed by atoms with Crippen LogP contribution in [0.2, 0.25) is 0 Å². The summed E-state index contributed by atoms with van der Waals surface area (Å²) in [5.41, 5.74) is 2.16. The number of rotatable bonds is 6. The van der Waals surface area contributed by atoms with Crippen LogP contribution in [0.15, 0.2) is 54.6 Å². The molecule has 27 heavy (non-hydrogen) atoms. The maximum absolute atomic E-state index is 13.4. The highest BCUT2D eigenvalue weighted by molar-refractivity contribution is 6.06. The zero-order valence-electron chi connectivity index (χ0n) is 16.0. The first-order valence-electron chi connectivity index (χ1n) is 10.0. The Morgan fingerprint density at radius 1 is 1.11 bits per heavy atom. The van der Waals surface area contributed by atoms with Gasteiger partial charge in [0.15, 0.2) is 5.60 Å². The van der Waals surface area contributed by atoms with E-state index < -0.39 is 5.60 Å². The Bertz CT molecular complexity index is 786. The summed E-state index contributed by atoms with van der Waals surface area (Å²) >= 11 is 0. The number of benzene rings is 2. The maximum Gasteiger partial charge on any atom is 0.263 e. The van der Waals surface area contributed by atoms with Gasteiger partial charge in [-0.05, 0) is 44.4 Å². The van der Waals surface area contributed by atoms with E-state index in [1.807, 2.05) is 54.3 Å². The topological polar surface area (TPSA) is 41.6 Å². The molecular formula is C23H28N2O2. The zero-order valence-corrected chi connectivity index (χ0v) is 16.0. The van der Waals surface area contributed by atoms with Gasteiger partial charge in [-0.25, -0.2) is 0 Å². The normalized spacial score (nSPS) is 24.9. The largest absolute Gasteiger partial charge is 0.360 e. The molecule has 1 amide bonds. The van der Waals surface area contributed by atoms with Gasteiger partial charge in [-0.1, -0.05) is 55.0 Å². The molecule has 4 heteroatoms. The minimum Gasteiger partial charge on any atom is -0.360 e. The Balaban J connectivity index is 1.51. The number of carbonyl (C=O) groups is 1. The van der Waals surface area contributed by atoms with Crippen molar-refractivity contribution in [3.8, 4) is 0 Å². The Labute approximate surface area is 161 Å². The predicted molar refractivity (Wildman–Crippen MR) is 108 cm³/mol. The molecular weight excluding hydrogens is 336 g/mol. The minimum atomic E-state index is -0.903. The van der Waals surface area contributed by atoms with Crippen molar-refractivity contribution >= 4 is 11.6 Å². The van der Waals surface area contributed by atoms with Crippen LogP contribution in [0.3, 0.4) is 0 Å².